The van der Waals surface area contributed by atoms with Crippen LogP contribution in [0.5, 0.6) is 11.5 Å². The fraction of sp³-hybridized carbons (Fsp3) is 0.440. The number of aryl methyl sites for hydroxylation is 2. The molecule has 0 bridgehead atoms. The monoisotopic (exact) mass is 443 g/mol. The third-order valence-electron chi connectivity index (χ3n) is 4.70. The predicted molar refractivity (Wildman–Crippen MR) is 123 cm³/mol. The zero-order valence-corrected chi connectivity index (χ0v) is 20.0. The van der Waals surface area contributed by atoms with E-state index < -0.39 is 12.1 Å². The number of rotatable bonds is 11. The molecule has 0 spiro atoms. The number of pyridine rings is 1. The van der Waals surface area contributed by atoms with Gasteiger partial charge in [-0.3, -0.25) is 4.79 Å². The number of benzene rings is 1. The first-order valence-electron chi connectivity index (χ1n) is 10.5. The molecule has 0 amide bonds. The molecule has 0 fully saturated rings. The minimum absolute atomic E-state index is 0.0918. The van der Waals surface area contributed by atoms with Gasteiger partial charge in [-0.05, 0) is 75.6 Å². The van der Waals surface area contributed by atoms with Crippen LogP contribution in [0.2, 0.25) is 0 Å². The summed E-state index contributed by atoms with van der Waals surface area (Å²) in [5.74, 6) is 0.828. The maximum absolute atomic E-state index is 12.0. The number of allylic oxidation sites excluding steroid dienone is 1. The van der Waals surface area contributed by atoms with Gasteiger partial charge in [0.1, 0.15) is 17.2 Å². The molecule has 0 aliphatic heterocycles. The first-order chi connectivity index (χ1) is 15.2. The Hall–Kier alpha value is -2.90. The molecule has 174 valence electrons. The van der Waals surface area contributed by atoms with Gasteiger partial charge in [0.15, 0.2) is 19.2 Å². The molecule has 2 unspecified atom stereocenters. The maximum atomic E-state index is 12.0. The number of methoxy groups -OCH3 is 1. The quantitative estimate of drug-likeness (QED) is 0.352. The van der Waals surface area contributed by atoms with E-state index in [-0.39, 0.29) is 13.1 Å². The number of hydrogen-bond donors (Lipinski definition) is 0. The summed E-state index contributed by atoms with van der Waals surface area (Å²) < 4.78 is 27.7. The molecule has 1 aromatic carbocycles. The highest BCUT2D eigenvalue weighted by Crippen LogP contribution is 2.35. The van der Waals surface area contributed by atoms with Crippen LogP contribution in [-0.2, 0) is 19.0 Å². The number of aromatic nitrogens is 1. The highest BCUT2D eigenvalue weighted by molar-refractivity contribution is 5.67. The van der Waals surface area contributed by atoms with Crippen LogP contribution in [0.25, 0.3) is 5.57 Å². The van der Waals surface area contributed by atoms with E-state index in [9.17, 15) is 4.79 Å². The summed E-state index contributed by atoms with van der Waals surface area (Å²) in [6.45, 7) is 15.5. The molecule has 0 N–H and O–H groups in total. The van der Waals surface area contributed by atoms with Crippen LogP contribution < -0.4 is 9.47 Å². The normalized spacial score (nSPS) is 12.7. The van der Waals surface area contributed by atoms with Crippen molar-refractivity contribution in [3.63, 3.8) is 0 Å². The summed E-state index contributed by atoms with van der Waals surface area (Å²) in [7, 11) is 1.55. The lowest BCUT2D eigenvalue weighted by atomic mass is 9.94. The second-order valence-electron chi connectivity index (χ2n) is 7.52. The molecular formula is C25H33NO6. The van der Waals surface area contributed by atoms with Crippen molar-refractivity contribution in [1.29, 1.82) is 0 Å². The highest BCUT2D eigenvalue weighted by Gasteiger charge is 2.25. The molecule has 0 saturated carbocycles. The minimum atomic E-state index is -0.694. The van der Waals surface area contributed by atoms with E-state index in [0.717, 1.165) is 22.3 Å². The van der Waals surface area contributed by atoms with Gasteiger partial charge in [-0.25, -0.2) is 4.98 Å². The van der Waals surface area contributed by atoms with Gasteiger partial charge < -0.3 is 23.7 Å². The molecule has 1 aromatic heterocycles. The van der Waals surface area contributed by atoms with Crippen molar-refractivity contribution in [2.75, 3.05) is 20.5 Å². The molecule has 0 aliphatic carbocycles. The summed E-state index contributed by atoms with van der Waals surface area (Å²) in [6, 6.07) is 7.38. The Labute approximate surface area is 190 Å². The van der Waals surface area contributed by atoms with E-state index in [1.807, 2.05) is 46.8 Å². The fourth-order valence-corrected chi connectivity index (χ4v) is 3.46. The average Bonchev–Trinajstić information content (AvgIpc) is 2.70. The van der Waals surface area contributed by atoms with Crippen molar-refractivity contribution in [3.8, 4) is 11.5 Å². The second kappa shape index (κ2) is 11.6. The van der Waals surface area contributed by atoms with Crippen molar-refractivity contribution < 1.29 is 28.5 Å². The summed E-state index contributed by atoms with van der Waals surface area (Å²) in [4.78, 5) is 16.7. The van der Waals surface area contributed by atoms with Crippen LogP contribution in [0.15, 0.2) is 30.8 Å². The van der Waals surface area contributed by atoms with Gasteiger partial charge in [-0.1, -0.05) is 6.58 Å². The van der Waals surface area contributed by atoms with Gasteiger partial charge in [-0.2, -0.15) is 0 Å². The lowest BCUT2D eigenvalue weighted by molar-refractivity contribution is -0.144. The molecule has 7 heteroatoms. The number of carbonyl (C=O) groups is 1. The predicted octanol–water partition coefficient (Wildman–Crippen LogP) is 5.13. The van der Waals surface area contributed by atoms with E-state index in [1.54, 1.807) is 19.2 Å². The molecule has 0 radical (unpaired) electrons. The molecule has 0 aliphatic rings. The molecule has 2 aromatic rings. The van der Waals surface area contributed by atoms with Crippen molar-refractivity contribution in [1.82, 2.24) is 4.98 Å². The molecule has 32 heavy (non-hydrogen) atoms. The topological polar surface area (TPSA) is 76.1 Å². The second-order valence-corrected chi connectivity index (χ2v) is 7.52. The summed E-state index contributed by atoms with van der Waals surface area (Å²) in [5, 5.41) is 0. The van der Waals surface area contributed by atoms with Crippen LogP contribution in [0, 0.1) is 13.8 Å². The maximum Gasteiger partial charge on any atom is 0.303 e. The van der Waals surface area contributed by atoms with Gasteiger partial charge in [-0.15, -0.1) is 0 Å². The van der Waals surface area contributed by atoms with E-state index in [4.69, 9.17) is 28.7 Å². The zero-order valence-electron chi connectivity index (χ0n) is 20.0. The van der Waals surface area contributed by atoms with Gasteiger partial charge in [0.05, 0.1) is 5.69 Å². The SMILES string of the molecule is C=C(C)c1nc(C(OC(C)=O)c2c(C)cc(OC(C)OCC)cc2C)ccc1OCOC. The average molecular weight is 444 g/mol. The van der Waals surface area contributed by atoms with E-state index in [1.165, 1.54) is 6.92 Å². The van der Waals surface area contributed by atoms with E-state index >= 15 is 0 Å². The Morgan fingerprint density at radius 1 is 1.16 bits per heavy atom. The van der Waals surface area contributed by atoms with Crippen molar-refractivity contribution in [3.05, 3.63) is 58.9 Å². The molecule has 2 rings (SSSR count). The highest BCUT2D eigenvalue weighted by atomic mass is 16.7. The number of esters is 1. The Morgan fingerprint density at radius 3 is 2.34 bits per heavy atom. The fourth-order valence-electron chi connectivity index (χ4n) is 3.46. The number of hydrogen-bond acceptors (Lipinski definition) is 7. The molecule has 1 heterocycles. The first-order valence-corrected chi connectivity index (χ1v) is 10.5. The summed E-state index contributed by atoms with van der Waals surface area (Å²) in [6.07, 6.45) is -1.06. The largest absolute Gasteiger partial charge is 0.465 e. The number of nitrogens with zero attached hydrogens (tertiary/aromatic N) is 1. The van der Waals surface area contributed by atoms with Crippen molar-refractivity contribution in [2.24, 2.45) is 0 Å². The van der Waals surface area contributed by atoms with Crippen LogP contribution >= 0.6 is 0 Å². The molecule has 0 saturated heterocycles. The lowest BCUT2D eigenvalue weighted by Gasteiger charge is -2.24. The minimum Gasteiger partial charge on any atom is -0.465 e. The standard InChI is InChI=1S/C25H33NO6/c1-9-29-19(7)32-20-12-16(4)23(17(5)13-20)25(31-18(6)27)21-10-11-22(30-14-28-8)24(26-21)15(2)3/h10-13,19,25H,2,9,14H2,1,3-8H3. The molecular weight excluding hydrogens is 410 g/mol. The van der Waals surface area contributed by atoms with E-state index in [0.29, 0.717) is 29.5 Å². The zero-order chi connectivity index (χ0) is 23.8. The van der Waals surface area contributed by atoms with Gasteiger partial charge in [0, 0.05) is 26.2 Å². The summed E-state index contributed by atoms with van der Waals surface area (Å²) >= 11 is 0. The smallest absolute Gasteiger partial charge is 0.303 e. The lowest BCUT2D eigenvalue weighted by Crippen LogP contribution is -2.18. The summed E-state index contributed by atoms with van der Waals surface area (Å²) in [5.41, 5.74) is 4.55. The Balaban J connectivity index is 2.51. The van der Waals surface area contributed by atoms with Crippen LogP contribution in [0.4, 0.5) is 0 Å². The number of ether oxygens (including phenoxy) is 5. The third-order valence-corrected chi connectivity index (χ3v) is 4.70. The Morgan fingerprint density at radius 2 is 1.81 bits per heavy atom. The first kappa shape index (κ1) is 25.4. The molecule has 2 atom stereocenters. The van der Waals surface area contributed by atoms with Crippen molar-refractivity contribution >= 4 is 11.5 Å². The Bertz CT molecular complexity index is 932. The van der Waals surface area contributed by atoms with E-state index in [2.05, 4.69) is 6.58 Å². The van der Waals surface area contributed by atoms with Crippen LogP contribution in [-0.4, -0.2) is 37.8 Å². The van der Waals surface area contributed by atoms with Gasteiger partial charge in [0.2, 0.25) is 0 Å². The third kappa shape index (κ3) is 6.55. The Kier molecular flexibility index (Phi) is 9.23. The number of carbonyl (C=O) groups excluding carboxylic acids is 1. The van der Waals surface area contributed by atoms with Crippen LogP contribution in [0.1, 0.15) is 61.9 Å². The molecule has 7 nitrogen and oxygen atoms in total. The van der Waals surface area contributed by atoms with Gasteiger partial charge in [0.25, 0.3) is 0 Å². The van der Waals surface area contributed by atoms with Gasteiger partial charge >= 0.3 is 5.97 Å². The van der Waals surface area contributed by atoms with Crippen LogP contribution in [0.3, 0.4) is 0 Å². The van der Waals surface area contributed by atoms with Crippen molar-refractivity contribution in [2.45, 2.75) is 53.9 Å².